The van der Waals surface area contributed by atoms with Crippen LogP contribution in [0.4, 0.5) is 5.69 Å². The lowest BCUT2D eigenvalue weighted by atomic mass is 10.2. The molecule has 0 spiro atoms. The van der Waals surface area contributed by atoms with Crippen LogP contribution in [0.3, 0.4) is 0 Å². The average Bonchev–Trinajstić information content (AvgIpc) is 2.60. The van der Waals surface area contributed by atoms with E-state index in [9.17, 15) is 18.0 Å². The lowest BCUT2D eigenvalue weighted by Gasteiger charge is -2.17. The predicted octanol–water partition coefficient (Wildman–Crippen LogP) is 1.54. The second kappa shape index (κ2) is 9.89. The highest BCUT2D eigenvalue weighted by Crippen LogP contribution is 2.10. The van der Waals surface area contributed by atoms with E-state index in [1.165, 1.54) is 13.8 Å². The number of carbonyl (C=O) groups excluding carboxylic acids is 2. The van der Waals surface area contributed by atoms with Crippen LogP contribution in [0.5, 0.6) is 0 Å². The summed E-state index contributed by atoms with van der Waals surface area (Å²) in [5.74, 6) is -1.48. The molecule has 0 saturated heterocycles. The Morgan fingerprint density at radius 2 is 1.85 bits per heavy atom. The zero-order chi connectivity index (χ0) is 19.7. The van der Waals surface area contributed by atoms with Crippen molar-refractivity contribution in [3.8, 4) is 6.07 Å². The summed E-state index contributed by atoms with van der Waals surface area (Å²) in [6.07, 6.45) is 0.0908. The van der Waals surface area contributed by atoms with Crippen molar-refractivity contribution in [3.05, 3.63) is 29.8 Å². The number of anilines is 1. The van der Waals surface area contributed by atoms with E-state index in [0.29, 0.717) is 24.1 Å². The van der Waals surface area contributed by atoms with Crippen LogP contribution in [0, 0.1) is 11.3 Å². The summed E-state index contributed by atoms with van der Waals surface area (Å²) in [5.41, 5.74) is 0.900. The molecule has 142 valence electrons. The summed E-state index contributed by atoms with van der Waals surface area (Å²) < 4.78 is 30.8. The minimum atomic E-state index is -3.58. The number of hydrogen-bond donors (Lipinski definition) is 2. The summed E-state index contributed by atoms with van der Waals surface area (Å²) in [7, 11) is -3.58. The number of amides is 1. The number of sulfonamides is 1. The van der Waals surface area contributed by atoms with E-state index in [4.69, 9.17) is 10.00 Å². The monoisotopic (exact) mass is 381 g/mol. The van der Waals surface area contributed by atoms with Gasteiger partial charge in [0.05, 0.1) is 17.4 Å². The van der Waals surface area contributed by atoms with Gasteiger partial charge < -0.3 is 10.1 Å². The Morgan fingerprint density at radius 1 is 1.23 bits per heavy atom. The molecule has 8 nitrogen and oxygen atoms in total. The van der Waals surface area contributed by atoms with Crippen molar-refractivity contribution in [2.24, 2.45) is 0 Å². The van der Waals surface area contributed by atoms with Crippen molar-refractivity contribution in [2.45, 2.75) is 45.8 Å². The number of ether oxygens (including phenoxy) is 1. The van der Waals surface area contributed by atoms with E-state index in [0.717, 1.165) is 0 Å². The topological polar surface area (TPSA) is 125 Å². The zero-order valence-electron chi connectivity index (χ0n) is 15.0. The fourth-order valence-electron chi connectivity index (χ4n) is 1.91. The number of rotatable bonds is 9. The molecule has 0 radical (unpaired) electrons. The Labute approximate surface area is 153 Å². The summed E-state index contributed by atoms with van der Waals surface area (Å²) >= 11 is 0. The van der Waals surface area contributed by atoms with E-state index in [1.807, 2.05) is 13.0 Å². The molecule has 2 N–H and O–H groups in total. The maximum Gasteiger partial charge on any atom is 0.324 e. The molecule has 0 fully saturated rings. The third-order valence-electron chi connectivity index (χ3n) is 3.42. The molecule has 0 aliphatic heterocycles. The van der Waals surface area contributed by atoms with Gasteiger partial charge in [0.25, 0.3) is 5.91 Å². The molecule has 0 bridgehead atoms. The molecule has 2 atom stereocenters. The Balaban J connectivity index is 2.56. The first kappa shape index (κ1) is 21.6. The van der Waals surface area contributed by atoms with Gasteiger partial charge >= 0.3 is 5.97 Å². The summed E-state index contributed by atoms with van der Waals surface area (Å²) in [6, 6.07) is 7.05. The maximum atomic E-state index is 12.1. The lowest BCUT2D eigenvalue weighted by Crippen LogP contribution is -2.43. The van der Waals surface area contributed by atoms with Crippen LogP contribution < -0.4 is 10.0 Å². The van der Waals surface area contributed by atoms with Gasteiger partial charge in [-0.1, -0.05) is 13.3 Å². The number of nitriles is 1. The molecule has 0 saturated carbocycles. The van der Waals surface area contributed by atoms with Crippen molar-refractivity contribution in [2.75, 3.05) is 11.1 Å². The molecular formula is C17H23N3O5S. The molecule has 9 heteroatoms. The number of benzene rings is 1. The number of esters is 1. The number of unbranched alkanes of at least 4 members (excludes halogenated alkanes) is 1. The molecule has 0 aliphatic carbocycles. The van der Waals surface area contributed by atoms with Gasteiger partial charge in [0.1, 0.15) is 6.04 Å². The van der Waals surface area contributed by atoms with Gasteiger partial charge in [0, 0.05) is 5.69 Å². The van der Waals surface area contributed by atoms with E-state index in [2.05, 4.69) is 10.0 Å². The fourth-order valence-corrected chi connectivity index (χ4v) is 3.33. The summed E-state index contributed by atoms with van der Waals surface area (Å²) in [5, 5.41) is 11.3. The van der Waals surface area contributed by atoms with Crippen molar-refractivity contribution < 1.29 is 22.7 Å². The van der Waals surface area contributed by atoms with E-state index in [-0.39, 0.29) is 5.75 Å². The van der Waals surface area contributed by atoms with E-state index in [1.54, 1.807) is 24.3 Å². The van der Waals surface area contributed by atoms with Crippen molar-refractivity contribution >= 4 is 27.6 Å². The molecule has 0 unspecified atom stereocenters. The SMILES string of the molecule is CCCCS(=O)(=O)N[C@@H](C)C(=O)O[C@H](C)C(=O)Nc1ccc(C#N)cc1. The third kappa shape index (κ3) is 7.21. The lowest BCUT2D eigenvalue weighted by molar-refractivity contribution is -0.154. The second-order valence-electron chi connectivity index (χ2n) is 5.77. The molecule has 1 rings (SSSR count). The van der Waals surface area contributed by atoms with Crippen LogP contribution in [0.15, 0.2) is 24.3 Å². The minimum Gasteiger partial charge on any atom is -0.451 e. The van der Waals surface area contributed by atoms with Crippen molar-refractivity contribution in [1.29, 1.82) is 5.26 Å². The van der Waals surface area contributed by atoms with Crippen LogP contribution in [0.2, 0.25) is 0 Å². The Kier molecular flexibility index (Phi) is 8.22. The minimum absolute atomic E-state index is 0.0736. The van der Waals surface area contributed by atoms with Crippen LogP contribution in [-0.4, -0.2) is 38.2 Å². The molecule has 0 aromatic heterocycles. The zero-order valence-corrected chi connectivity index (χ0v) is 15.8. The molecular weight excluding hydrogens is 358 g/mol. The molecule has 1 amide bonds. The summed E-state index contributed by atoms with van der Waals surface area (Å²) in [6.45, 7) is 4.60. The highest BCUT2D eigenvalue weighted by Gasteiger charge is 2.25. The van der Waals surface area contributed by atoms with E-state index < -0.39 is 34.0 Å². The summed E-state index contributed by atoms with van der Waals surface area (Å²) in [4.78, 5) is 24.0. The van der Waals surface area contributed by atoms with Gasteiger partial charge in [-0.15, -0.1) is 0 Å². The highest BCUT2D eigenvalue weighted by molar-refractivity contribution is 7.89. The first-order valence-corrected chi connectivity index (χ1v) is 9.85. The largest absolute Gasteiger partial charge is 0.451 e. The van der Waals surface area contributed by atoms with Crippen molar-refractivity contribution in [3.63, 3.8) is 0 Å². The fraction of sp³-hybridized carbons (Fsp3) is 0.471. The normalized spacial score (nSPS) is 13.3. The van der Waals surface area contributed by atoms with Gasteiger partial charge in [0.2, 0.25) is 10.0 Å². The number of nitrogens with one attached hydrogen (secondary N) is 2. The second-order valence-corrected chi connectivity index (χ2v) is 7.64. The third-order valence-corrected chi connectivity index (χ3v) is 4.96. The van der Waals surface area contributed by atoms with Gasteiger partial charge in [-0.3, -0.25) is 9.59 Å². The van der Waals surface area contributed by atoms with Gasteiger partial charge in [-0.05, 0) is 44.5 Å². The van der Waals surface area contributed by atoms with E-state index >= 15 is 0 Å². The Hall–Kier alpha value is -2.44. The molecule has 0 heterocycles. The van der Waals surface area contributed by atoms with Crippen LogP contribution in [0.1, 0.15) is 39.2 Å². The van der Waals surface area contributed by atoms with Crippen LogP contribution in [-0.2, 0) is 24.3 Å². The predicted molar refractivity (Wildman–Crippen MR) is 96.6 cm³/mol. The molecule has 1 aromatic carbocycles. The first-order valence-electron chi connectivity index (χ1n) is 8.20. The quantitative estimate of drug-likeness (QED) is 0.625. The van der Waals surface area contributed by atoms with Gasteiger partial charge in [-0.25, -0.2) is 13.1 Å². The van der Waals surface area contributed by atoms with Gasteiger partial charge in [0.15, 0.2) is 6.10 Å². The smallest absolute Gasteiger partial charge is 0.324 e. The Morgan fingerprint density at radius 3 is 2.38 bits per heavy atom. The van der Waals surface area contributed by atoms with Gasteiger partial charge in [-0.2, -0.15) is 5.26 Å². The maximum absolute atomic E-state index is 12.1. The molecule has 0 aliphatic rings. The number of nitrogens with zero attached hydrogens (tertiary/aromatic N) is 1. The van der Waals surface area contributed by atoms with Crippen LogP contribution in [0.25, 0.3) is 0 Å². The standard InChI is InChI=1S/C17H23N3O5S/c1-4-5-10-26(23,24)20-12(2)17(22)25-13(3)16(21)19-15-8-6-14(11-18)7-9-15/h6-9,12-13,20H,4-5,10H2,1-3H3,(H,19,21)/t12-,13+/m0/s1. The number of hydrogen-bond acceptors (Lipinski definition) is 6. The number of carbonyl (C=O) groups is 2. The average molecular weight is 381 g/mol. The molecule has 26 heavy (non-hydrogen) atoms. The highest BCUT2D eigenvalue weighted by atomic mass is 32.2. The van der Waals surface area contributed by atoms with Crippen LogP contribution >= 0.6 is 0 Å². The molecule has 1 aromatic rings. The first-order chi connectivity index (χ1) is 12.2. The van der Waals surface area contributed by atoms with Crippen molar-refractivity contribution in [1.82, 2.24) is 4.72 Å². The Bertz CT molecular complexity index is 769.